The Balaban J connectivity index is 1.40. The summed E-state index contributed by atoms with van der Waals surface area (Å²) in [7, 11) is 0. The molecule has 4 heterocycles. The maximum absolute atomic E-state index is 12.6. The molecule has 0 unspecified atom stereocenters. The number of thiazole rings is 1. The van der Waals surface area contributed by atoms with Crippen LogP contribution in [-0.2, 0) is 0 Å². The zero-order valence-corrected chi connectivity index (χ0v) is 16.3. The third-order valence-corrected chi connectivity index (χ3v) is 7.49. The van der Waals surface area contributed by atoms with Crippen molar-refractivity contribution in [1.29, 1.82) is 0 Å². The third kappa shape index (κ3) is 3.72. The Morgan fingerprint density at radius 1 is 1.32 bits per heavy atom. The van der Waals surface area contributed by atoms with Crippen LogP contribution in [0.4, 0.5) is 0 Å². The van der Waals surface area contributed by atoms with Crippen molar-refractivity contribution in [3.8, 4) is 0 Å². The summed E-state index contributed by atoms with van der Waals surface area (Å²) in [5.41, 5.74) is 0.718. The summed E-state index contributed by atoms with van der Waals surface area (Å²) < 4.78 is 1.59. The Morgan fingerprint density at radius 3 is 2.64 bits per heavy atom. The number of fused-ring (bicyclic) bond motifs is 3. The Kier molecular flexibility index (Phi) is 5.04. The highest BCUT2D eigenvalue weighted by molar-refractivity contribution is 8.01. The van der Waals surface area contributed by atoms with Crippen LogP contribution in [0.1, 0.15) is 30.1 Å². The second-order valence-electron chi connectivity index (χ2n) is 6.67. The van der Waals surface area contributed by atoms with Gasteiger partial charge in [-0.3, -0.25) is 9.69 Å². The van der Waals surface area contributed by atoms with Gasteiger partial charge in [0.25, 0.3) is 5.91 Å². The largest absolute Gasteiger partial charge is 0.347 e. The lowest BCUT2D eigenvalue weighted by Crippen LogP contribution is -2.62. The summed E-state index contributed by atoms with van der Waals surface area (Å²) in [6.45, 7) is 4.58. The van der Waals surface area contributed by atoms with Crippen molar-refractivity contribution >= 4 is 40.6 Å². The molecule has 7 heteroatoms. The quantitative estimate of drug-likeness (QED) is 0.847. The van der Waals surface area contributed by atoms with Crippen molar-refractivity contribution in [3.63, 3.8) is 0 Å². The highest BCUT2D eigenvalue weighted by Crippen LogP contribution is 2.34. The van der Waals surface area contributed by atoms with Gasteiger partial charge in [-0.15, -0.1) is 0 Å². The summed E-state index contributed by atoms with van der Waals surface area (Å²) in [4.78, 5) is 20.3. The van der Waals surface area contributed by atoms with E-state index in [0.29, 0.717) is 16.4 Å². The Bertz CT molecular complexity index is 754. The van der Waals surface area contributed by atoms with E-state index in [9.17, 15) is 4.79 Å². The molecule has 3 saturated heterocycles. The van der Waals surface area contributed by atoms with E-state index in [1.54, 1.807) is 18.0 Å². The first-order valence-corrected chi connectivity index (χ1v) is 10.6. The van der Waals surface area contributed by atoms with Crippen LogP contribution in [0.2, 0.25) is 4.47 Å². The molecule has 1 aromatic carbocycles. The predicted molar refractivity (Wildman–Crippen MR) is 103 cm³/mol. The molecule has 0 aliphatic carbocycles. The number of nitrogens with zero attached hydrogens (tertiary/aromatic N) is 2. The maximum atomic E-state index is 12.6. The van der Waals surface area contributed by atoms with Crippen LogP contribution in [0.5, 0.6) is 0 Å². The Hall–Kier alpha value is -1.08. The predicted octanol–water partition coefficient (Wildman–Crippen LogP) is 4.16. The number of benzene rings is 1. The summed E-state index contributed by atoms with van der Waals surface area (Å²) >= 11 is 8.93. The van der Waals surface area contributed by atoms with Crippen LogP contribution in [0.3, 0.4) is 0 Å². The first-order valence-electron chi connectivity index (χ1n) is 8.54. The van der Waals surface area contributed by atoms with Crippen molar-refractivity contribution < 1.29 is 4.79 Å². The molecular formula is C18H20ClN3OS2. The number of hydrogen-bond donors (Lipinski definition) is 1. The van der Waals surface area contributed by atoms with Crippen molar-refractivity contribution in [1.82, 2.24) is 15.2 Å². The van der Waals surface area contributed by atoms with Gasteiger partial charge in [0.15, 0.2) is 4.47 Å². The smallest absolute Gasteiger partial charge is 0.251 e. The molecule has 1 aromatic heterocycles. The number of amides is 1. The topological polar surface area (TPSA) is 45.2 Å². The van der Waals surface area contributed by atoms with E-state index in [2.05, 4.69) is 22.1 Å². The average Bonchev–Trinajstić information content (AvgIpc) is 3.04. The third-order valence-electron chi connectivity index (χ3n) is 5.27. The normalized spacial score (nSPS) is 28.1. The SMILES string of the molecule is C[C@H]1[C@H](NC(=O)c2ccc(Sc3cnc(Cl)s3)cc2)C2CCN1CC2. The minimum absolute atomic E-state index is 0.0305. The molecule has 2 bridgehead atoms. The zero-order chi connectivity index (χ0) is 17.4. The van der Waals surface area contributed by atoms with Crippen LogP contribution in [0, 0.1) is 5.92 Å². The number of hydrogen-bond acceptors (Lipinski definition) is 5. The molecule has 2 atom stereocenters. The number of rotatable bonds is 4. The number of piperidine rings is 3. The first-order chi connectivity index (χ1) is 12.1. The van der Waals surface area contributed by atoms with E-state index >= 15 is 0 Å². The lowest BCUT2D eigenvalue weighted by atomic mass is 9.79. The van der Waals surface area contributed by atoms with Crippen molar-refractivity contribution in [3.05, 3.63) is 40.5 Å². The van der Waals surface area contributed by atoms with Gasteiger partial charge in [0.2, 0.25) is 0 Å². The van der Waals surface area contributed by atoms with Gasteiger partial charge in [-0.2, -0.15) is 0 Å². The summed E-state index contributed by atoms with van der Waals surface area (Å²) in [5.74, 6) is 0.651. The summed E-state index contributed by atoms with van der Waals surface area (Å²) in [6, 6.07) is 8.45. The second kappa shape index (κ2) is 7.27. The van der Waals surface area contributed by atoms with Crippen LogP contribution in [0.25, 0.3) is 0 Å². The summed E-state index contributed by atoms with van der Waals surface area (Å²) in [6.07, 6.45) is 4.16. The highest BCUT2D eigenvalue weighted by Gasteiger charge is 2.40. The van der Waals surface area contributed by atoms with Crippen LogP contribution in [-0.4, -0.2) is 41.0 Å². The molecule has 3 fully saturated rings. The maximum Gasteiger partial charge on any atom is 0.251 e. The monoisotopic (exact) mass is 393 g/mol. The molecule has 1 N–H and O–H groups in total. The number of halogens is 1. The van der Waals surface area contributed by atoms with Crippen LogP contribution < -0.4 is 5.32 Å². The molecule has 0 saturated carbocycles. The minimum atomic E-state index is 0.0305. The van der Waals surface area contributed by atoms with E-state index < -0.39 is 0 Å². The first kappa shape index (κ1) is 17.3. The van der Waals surface area contributed by atoms with Crippen LogP contribution >= 0.6 is 34.7 Å². The van der Waals surface area contributed by atoms with Gasteiger partial charge in [0.05, 0.1) is 10.4 Å². The molecular weight excluding hydrogens is 374 g/mol. The Labute approximate surface area is 161 Å². The average molecular weight is 394 g/mol. The molecule has 3 aliphatic heterocycles. The van der Waals surface area contributed by atoms with Gasteiger partial charge in [-0.05, 0) is 63.0 Å². The molecule has 5 rings (SSSR count). The van der Waals surface area contributed by atoms with Crippen molar-refractivity contribution in [2.45, 2.75) is 41.0 Å². The minimum Gasteiger partial charge on any atom is -0.347 e. The van der Waals surface area contributed by atoms with Gasteiger partial charge in [-0.1, -0.05) is 34.7 Å². The van der Waals surface area contributed by atoms with Crippen LogP contribution in [0.15, 0.2) is 39.6 Å². The molecule has 4 nitrogen and oxygen atoms in total. The zero-order valence-electron chi connectivity index (χ0n) is 13.9. The Morgan fingerprint density at radius 2 is 2.04 bits per heavy atom. The van der Waals surface area contributed by atoms with Gasteiger partial charge in [-0.25, -0.2) is 4.98 Å². The fourth-order valence-electron chi connectivity index (χ4n) is 3.86. The van der Waals surface area contributed by atoms with Crippen molar-refractivity contribution in [2.75, 3.05) is 13.1 Å². The highest BCUT2D eigenvalue weighted by atomic mass is 35.5. The van der Waals surface area contributed by atoms with Gasteiger partial charge >= 0.3 is 0 Å². The molecule has 0 spiro atoms. The van der Waals surface area contributed by atoms with E-state index in [1.807, 2.05) is 24.3 Å². The van der Waals surface area contributed by atoms with Gasteiger partial charge in [0.1, 0.15) is 0 Å². The van der Waals surface area contributed by atoms with Gasteiger partial charge in [0, 0.05) is 22.5 Å². The summed E-state index contributed by atoms with van der Waals surface area (Å²) in [5, 5.41) is 3.28. The standard InChI is InChI=1S/C18H20ClN3OS2/c1-11-16(12-6-8-22(11)9-7-12)21-17(23)13-2-4-14(5-3-13)24-15-10-20-18(19)25-15/h2-5,10-12,16H,6-9H2,1H3,(H,21,23)/t11-,16-/m0/s1. The van der Waals surface area contributed by atoms with E-state index in [1.165, 1.54) is 37.3 Å². The lowest BCUT2D eigenvalue weighted by molar-refractivity contribution is 0.0217. The number of nitrogens with one attached hydrogen (secondary N) is 1. The molecule has 25 heavy (non-hydrogen) atoms. The van der Waals surface area contributed by atoms with E-state index in [-0.39, 0.29) is 11.9 Å². The molecule has 3 aliphatic rings. The molecule has 1 amide bonds. The molecule has 2 aromatic rings. The number of carbonyl (C=O) groups is 1. The van der Waals surface area contributed by atoms with Gasteiger partial charge < -0.3 is 5.32 Å². The lowest BCUT2D eigenvalue weighted by Gasteiger charge is -2.49. The number of aromatic nitrogens is 1. The fraction of sp³-hybridized carbons (Fsp3) is 0.444. The molecule has 132 valence electrons. The van der Waals surface area contributed by atoms with E-state index in [4.69, 9.17) is 11.6 Å². The fourth-order valence-corrected chi connectivity index (χ4v) is 5.97. The molecule has 0 radical (unpaired) electrons. The second-order valence-corrected chi connectivity index (χ2v) is 9.66. The van der Waals surface area contributed by atoms with Crippen molar-refractivity contribution in [2.24, 2.45) is 5.92 Å². The van der Waals surface area contributed by atoms with E-state index in [0.717, 1.165) is 14.7 Å². The number of carbonyl (C=O) groups excluding carboxylic acids is 1.